The van der Waals surface area contributed by atoms with Crippen molar-refractivity contribution in [1.82, 2.24) is 9.80 Å². The Balaban J connectivity index is 2.15. The molecule has 1 fully saturated rings. The van der Waals surface area contributed by atoms with E-state index < -0.39 is 29.3 Å². The number of benzene rings is 2. The van der Waals surface area contributed by atoms with Gasteiger partial charge >= 0.3 is 0 Å². The van der Waals surface area contributed by atoms with Crippen molar-refractivity contribution < 1.29 is 24.2 Å². The maximum Gasteiger partial charge on any atom is 0.295 e. The number of aliphatic hydroxyl groups excluding tert-OH is 1. The molecule has 7 heteroatoms. The van der Waals surface area contributed by atoms with Gasteiger partial charge in [0.15, 0.2) is 0 Å². The van der Waals surface area contributed by atoms with Gasteiger partial charge in [0, 0.05) is 6.54 Å². The maximum atomic E-state index is 13.5. The number of amides is 1. The number of halogens is 1. The quantitative estimate of drug-likeness (QED) is 0.420. The molecule has 6 nitrogen and oxygen atoms in total. The summed E-state index contributed by atoms with van der Waals surface area (Å²) >= 11 is 0. The first-order chi connectivity index (χ1) is 14.6. The molecule has 1 aliphatic heterocycles. The number of hydrogen-bond acceptors (Lipinski definition) is 5. The Hall–Kier alpha value is -3.19. The summed E-state index contributed by atoms with van der Waals surface area (Å²) in [4.78, 5) is 29.2. The molecule has 1 heterocycles. The zero-order valence-electron chi connectivity index (χ0n) is 18.1. The van der Waals surface area contributed by atoms with Gasteiger partial charge in [0.2, 0.25) is 0 Å². The molecular formula is C24H27FN2O4. The Labute approximate surface area is 181 Å². The van der Waals surface area contributed by atoms with Crippen molar-refractivity contribution in [2.45, 2.75) is 26.3 Å². The van der Waals surface area contributed by atoms with E-state index >= 15 is 0 Å². The summed E-state index contributed by atoms with van der Waals surface area (Å²) in [6.45, 7) is 4.64. The van der Waals surface area contributed by atoms with Gasteiger partial charge in [0.1, 0.15) is 17.3 Å². The zero-order valence-corrected chi connectivity index (χ0v) is 18.1. The molecule has 1 aliphatic rings. The van der Waals surface area contributed by atoms with Gasteiger partial charge in [-0.3, -0.25) is 9.59 Å². The zero-order chi connectivity index (χ0) is 22.9. The number of aromatic hydroxyl groups is 1. The van der Waals surface area contributed by atoms with Gasteiger partial charge in [-0.15, -0.1) is 0 Å². The van der Waals surface area contributed by atoms with Crippen molar-refractivity contribution in [1.29, 1.82) is 0 Å². The first-order valence-corrected chi connectivity index (χ1v) is 10.1. The van der Waals surface area contributed by atoms with E-state index in [0.29, 0.717) is 25.1 Å². The van der Waals surface area contributed by atoms with Crippen LogP contribution in [0.3, 0.4) is 0 Å². The molecule has 0 aromatic heterocycles. The van der Waals surface area contributed by atoms with Gasteiger partial charge in [0.05, 0.1) is 17.2 Å². The molecule has 164 valence electrons. The van der Waals surface area contributed by atoms with Gasteiger partial charge in [-0.05, 0) is 81.9 Å². The van der Waals surface area contributed by atoms with Crippen molar-refractivity contribution in [3.05, 3.63) is 70.0 Å². The second-order valence-corrected chi connectivity index (χ2v) is 8.15. The van der Waals surface area contributed by atoms with Crippen molar-refractivity contribution >= 4 is 17.4 Å². The van der Waals surface area contributed by atoms with E-state index in [2.05, 4.69) is 0 Å². The summed E-state index contributed by atoms with van der Waals surface area (Å²) < 4.78 is 13.5. The van der Waals surface area contributed by atoms with Crippen LogP contribution in [0.15, 0.2) is 42.0 Å². The van der Waals surface area contributed by atoms with Crippen LogP contribution in [0, 0.1) is 19.7 Å². The average Bonchev–Trinajstić information content (AvgIpc) is 2.95. The van der Waals surface area contributed by atoms with Gasteiger partial charge in [-0.25, -0.2) is 4.39 Å². The van der Waals surface area contributed by atoms with E-state index in [1.807, 2.05) is 32.8 Å². The molecule has 1 amide bonds. The molecule has 1 saturated heterocycles. The smallest absolute Gasteiger partial charge is 0.295 e. The van der Waals surface area contributed by atoms with Gasteiger partial charge in [-0.2, -0.15) is 0 Å². The van der Waals surface area contributed by atoms with Crippen LogP contribution in [0.5, 0.6) is 5.75 Å². The lowest BCUT2D eigenvalue weighted by molar-refractivity contribution is -0.139. The second-order valence-electron chi connectivity index (χ2n) is 8.15. The fourth-order valence-corrected chi connectivity index (χ4v) is 3.80. The molecule has 0 bridgehead atoms. The van der Waals surface area contributed by atoms with Crippen LogP contribution in [0.25, 0.3) is 5.76 Å². The van der Waals surface area contributed by atoms with Crippen LogP contribution in [0.4, 0.5) is 4.39 Å². The molecule has 0 saturated carbocycles. The maximum absolute atomic E-state index is 13.5. The number of aliphatic hydroxyl groups is 1. The number of carbonyl (C=O) groups excluding carboxylic acids is 2. The normalized spacial score (nSPS) is 18.3. The first kappa shape index (κ1) is 22.5. The molecule has 2 aromatic carbocycles. The monoisotopic (exact) mass is 426 g/mol. The van der Waals surface area contributed by atoms with Crippen LogP contribution in [-0.4, -0.2) is 58.9 Å². The molecular weight excluding hydrogens is 399 g/mol. The number of hydrogen-bond donors (Lipinski definition) is 2. The van der Waals surface area contributed by atoms with Crippen LogP contribution < -0.4 is 0 Å². The molecule has 2 N–H and O–H groups in total. The highest BCUT2D eigenvalue weighted by Crippen LogP contribution is 2.41. The molecule has 31 heavy (non-hydrogen) atoms. The summed E-state index contributed by atoms with van der Waals surface area (Å²) in [7, 11) is 3.82. The number of phenols is 1. The molecule has 2 aromatic rings. The van der Waals surface area contributed by atoms with E-state index in [0.717, 1.165) is 11.1 Å². The summed E-state index contributed by atoms with van der Waals surface area (Å²) in [6, 6.07) is 7.72. The number of likely N-dealkylation sites (tertiary alicyclic amines) is 1. The van der Waals surface area contributed by atoms with E-state index in [1.165, 1.54) is 35.2 Å². The molecule has 0 spiro atoms. The second kappa shape index (κ2) is 8.89. The van der Waals surface area contributed by atoms with Crippen molar-refractivity contribution in [2.75, 3.05) is 27.2 Å². The standard InChI is InChI=1S/C24H27FN2O4/c1-14-12-18(19(28)13-15(14)2)22(29)20-21(16-6-8-17(25)9-7-16)27(24(31)23(20)30)11-5-10-26(3)4/h6-9,12-13,21,28-29H,5,10-11H2,1-4H3/b22-20+. The Morgan fingerprint density at radius 2 is 1.71 bits per heavy atom. The van der Waals surface area contributed by atoms with Crippen LogP contribution in [0.2, 0.25) is 0 Å². The van der Waals surface area contributed by atoms with Gasteiger partial charge in [-0.1, -0.05) is 12.1 Å². The predicted octanol–water partition coefficient (Wildman–Crippen LogP) is 3.52. The van der Waals surface area contributed by atoms with E-state index in [9.17, 15) is 24.2 Å². The highest BCUT2D eigenvalue weighted by atomic mass is 19.1. The third-order valence-corrected chi connectivity index (χ3v) is 5.60. The lowest BCUT2D eigenvalue weighted by Gasteiger charge is -2.26. The minimum Gasteiger partial charge on any atom is -0.507 e. The van der Waals surface area contributed by atoms with Gasteiger partial charge in [0.25, 0.3) is 11.7 Å². The van der Waals surface area contributed by atoms with E-state index in [4.69, 9.17) is 0 Å². The largest absolute Gasteiger partial charge is 0.507 e. The molecule has 0 aliphatic carbocycles. The van der Waals surface area contributed by atoms with Crippen molar-refractivity contribution in [3.8, 4) is 5.75 Å². The molecule has 3 rings (SSSR count). The Morgan fingerprint density at radius 3 is 2.32 bits per heavy atom. The molecule has 1 unspecified atom stereocenters. The van der Waals surface area contributed by atoms with Crippen LogP contribution in [0.1, 0.15) is 34.7 Å². The number of aryl methyl sites for hydroxylation is 2. The predicted molar refractivity (Wildman–Crippen MR) is 116 cm³/mol. The lowest BCUT2D eigenvalue weighted by atomic mass is 9.94. The summed E-state index contributed by atoms with van der Waals surface area (Å²) in [6.07, 6.45) is 0.618. The first-order valence-electron chi connectivity index (χ1n) is 10.1. The highest BCUT2D eigenvalue weighted by Gasteiger charge is 2.46. The topological polar surface area (TPSA) is 81.1 Å². The Bertz CT molecular complexity index is 1040. The number of phenolic OH excluding ortho intramolecular Hbond substituents is 1. The molecule has 1 atom stereocenters. The van der Waals surface area contributed by atoms with Crippen molar-refractivity contribution in [2.24, 2.45) is 0 Å². The minimum absolute atomic E-state index is 0.0847. The number of Topliss-reactive ketones (excluding diaryl/α,β-unsaturated/α-hetero) is 1. The Kier molecular flexibility index (Phi) is 6.45. The summed E-state index contributed by atoms with van der Waals surface area (Å²) in [5.74, 6) is -2.62. The number of carbonyl (C=O) groups is 2. The number of nitrogens with zero attached hydrogens (tertiary/aromatic N) is 2. The van der Waals surface area contributed by atoms with Crippen molar-refractivity contribution in [3.63, 3.8) is 0 Å². The van der Waals surface area contributed by atoms with E-state index in [1.54, 1.807) is 6.07 Å². The minimum atomic E-state index is -0.872. The number of ketones is 1. The van der Waals surface area contributed by atoms with Crippen LogP contribution in [-0.2, 0) is 9.59 Å². The Morgan fingerprint density at radius 1 is 1.10 bits per heavy atom. The third-order valence-electron chi connectivity index (χ3n) is 5.60. The fourth-order valence-electron chi connectivity index (χ4n) is 3.80. The van der Waals surface area contributed by atoms with E-state index in [-0.39, 0.29) is 16.9 Å². The SMILES string of the molecule is Cc1cc(O)c(/C(O)=C2\C(=O)C(=O)N(CCCN(C)C)C2c2ccc(F)cc2)cc1C. The average molecular weight is 426 g/mol. The highest BCUT2D eigenvalue weighted by molar-refractivity contribution is 6.46. The molecule has 0 radical (unpaired) electrons. The summed E-state index contributed by atoms with van der Waals surface area (Å²) in [5, 5.41) is 21.5. The lowest BCUT2D eigenvalue weighted by Crippen LogP contribution is -2.32. The third kappa shape index (κ3) is 4.46. The summed E-state index contributed by atoms with van der Waals surface area (Å²) in [5.41, 5.74) is 2.13. The van der Waals surface area contributed by atoms with Crippen LogP contribution >= 0.6 is 0 Å². The van der Waals surface area contributed by atoms with Gasteiger partial charge < -0.3 is 20.0 Å². The number of rotatable bonds is 6. The fraction of sp³-hybridized carbons (Fsp3) is 0.333.